The predicted octanol–water partition coefficient (Wildman–Crippen LogP) is 1.80. The standard InChI is InChI=1S/C18H29N3O2/c1-6-21(7-2)17(22)13-20(5)15(4)18(23)19-12-16-11-9-8-10-14(16)3/h8-11,15H,6-7,12-13H2,1-5H3,(H,19,23). The van der Waals surface area contributed by atoms with E-state index in [9.17, 15) is 9.59 Å². The third-order valence-corrected chi connectivity index (χ3v) is 4.26. The molecule has 128 valence electrons. The Morgan fingerprint density at radius 1 is 1.17 bits per heavy atom. The number of nitrogens with zero attached hydrogens (tertiary/aromatic N) is 2. The Bertz CT molecular complexity index is 527. The highest BCUT2D eigenvalue weighted by atomic mass is 16.2. The van der Waals surface area contributed by atoms with E-state index in [1.165, 1.54) is 0 Å². The minimum atomic E-state index is -0.349. The number of carbonyl (C=O) groups excluding carboxylic acids is 2. The van der Waals surface area contributed by atoms with Crippen molar-refractivity contribution in [3.8, 4) is 0 Å². The number of carbonyl (C=O) groups is 2. The van der Waals surface area contributed by atoms with Crippen LogP contribution >= 0.6 is 0 Å². The van der Waals surface area contributed by atoms with Crippen LogP contribution in [0, 0.1) is 6.92 Å². The van der Waals surface area contributed by atoms with E-state index >= 15 is 0 Å². The van der Waals surface area contributed by atoms with Crippen LogP contribution in [0.25, 0.3) is 0 Å². The fourth-order valence-corrected chi connectivity index (χ4v) is 2.37. The van der Waals surface area contributed by atoms with Gasteiger partial charge in [0.05, 0.1) is 12.6 Å². The molecule has 0 saturated carbocycles. The summed E-state index contributed by atoms with van der Waals surface area (Å²) in [4.78, 5) is 28.0. The second kappa shape index (κ2) is 9.30. The molecule has 1 aromatic rings. The number of rotatable bonds is 8. The Morgan fingerprint density at radius 2 is 1.78 bits per heavy atom. The van der Waals surface area contributed by atoms with Crippen LogP contribution in [0.4, 0.5) is 0 Å². The molecule has 1 unspecified atom stereocenters. The zero-order chi connectivity index (χ0) is 17.4. The van der Waals surface area contributed by atoms with Crippen LogP contribution in [-0.2, 0) is 16.1 Å². The average Bonchev–Trinajstić information content (AvgIpc) is 2.54. The van der Waals surface area contributed by atoms with Gasteiger partial charge in [0.2, 0.25) is 11.8 Å². The highest BCUT2D eigenvalue weighted by Crippen LogP contribution is 2.07. The molecule has 5 heteroatoms. The van der Waals surface area contributed by atoms with Crippen LogP contribution in [-0.4, -0.2) is 54.3 Å². The number of hydrogen-bond acceptors (Lipinski definition) is 3. The van der Waals surface area contributed by atoms with Crippen LogP contribution in [0.5, 0.6) is 0 Å². The highest BCUT2D eigenvalue weighted by Gasteiger charge is 2.21. The van der Waals surface area contributed by atoms with Gasteiger partial charge >= 0.3 is 0 Å². The number of benzene rings is 1. The molecule has 0 fully saturated rings. The summed E-state index contributed by atoms with van der Waals surface area (Å²) >= 11 is 0. The molecule has 0 aliphatic carbocycles. The fraction of sp³-hybridized carbons (Fsp3) is 0.556. The normalized spacial score (nSPS) is 12.1. The van der Waals surface area contributed by atoms with Gasteiger partial charge in [0, 0.05) is 19.6 Å². The minimum Gasteiger partial charge on any atom is -0.351 e. The SMILES string of the molecule is CCN(CC)C(=O)CN(C)C(C)C(=O)NCc1ccccc1C. The van der Waals surface area contributed by atoms with Crippen molar-refractivity contribution in [2.75, 3.05) is 26.7 Å². The van der Waals surface area contributed by atoms with Gasteiger partial charge in [-0.3, -0.25) is 14.5 Å². The van der Waals surface area contributed by atoms with Gasteiger partial charge in [-0.2, -0.15) is 0 Å². The highest BCUT2D eigenvalue weighted by molar-refractivity contribution is 5.83. The molecule has 0 saturated heterocycles. The van der Waals surface area contributed by atoms with Crippen LogP contribution < -0.4 is 5.32 Å². The molecule has 0 spiro atoms. The summed E-state index contributed by atoms with van der Waals surface area (Å²) in [5, 5.41) is 2.95. The number of likely N-dealkylation sites (N-methyl/N-ethyl adjacent to an activating group) is 2. The van der Waals surface area contributed by atoms with Gasteiger partial charge in [-0.1, -0.05) is 24.3 Å². The summed E-state index contributed by atoms with van der Waals surface area (Å²) in [6.45, 7) is 9.91. The van der Waals surface area contributed by atoms with E-state index in [-0.39, 0.29) is 24.4 Å². The van der Waals surface area contributed by atoms with Gasteiger partial charge in [0.1, 0.15) is 0 Å². The molecule has 0 bridgehead atoms. The lowest BCUT2D eigenvalue weighted by Crippen LogP contribution is -2.47. The predicted molar refractivity (Wildman–Crippen MR) is 93.0 cm³/mol. The molecule has 0 aromatic heterocycles. The van der Waals surface area contributed by atoms with E-state index < -0.39 is 0 Å². The first-order chi connectivity index (χ1) is 10.9. The Hall–Kier alpha value is -1.88. The molecular weight excluding hydrogens is 290 g/mol. The maximum absolute atomic E-state index is 12.3. The van der Waals surface area contributed by atoms with Crippen molar-refractivity contribution in [1.29, 1.82) is 0 Å². The zero-order valence-electron chi connectivity index (χ0n) is 14.9. The molecule has 0 radical (unpaired) electrons. The van der Waals surface area contributed by atoms with Gasteiger partial charge in [-0.05, 0) is 45.9 Å². The van der Waals surface area contributed by atoms with Crippen LogP contribution in [0.2, 0.25) is 0 Å². The maximum Gasteiger partial charge on any atom is 0.237 e. The zero-order valence-corrected chi connectivity index (χ0v) is 14.9. The number of aryl methyl sites for hydroxylation is 1. The van der Waals surface area contributed by atoms with Crippen molar-refractivity contribution in [3.05, 3.63) is 35.4 Å². The maximum atomic E-state index is 12.3. The summed E-state index contributed by atoms with van der Waals surface area (Å²) in [5.74, 6) is -0.0147. The monoisotopic (exact) mass is 319 g/mol. The summed E-state index contributed by atoms with van der Waals surface area (Å²) in [5.41, 5.74) is 2.26. The summed E-state index contributed by atoms with van der Waals surface area (Å²) in [6.07, 6.45) is 0. The van der Waals surface area contributed by atoms with Crippen molar-refractivity contribution >= 4 is 11.8 Å². The molecule has 23 heavy (non-hydrogen) atoms. The lowest BCUT2D eigenvalue weighted by molar-refractivity contribution is -0.133. The molecule has 0 heterocycles. The number of nitrogens with one attached hydrogen (secondary N) is 1. The molecule has 1 N–H and O–H groups in total. The second-order valence-corrected chi connectivity index (χ2v) is 5.80. The van der Waals surface area contributed by atoms with Crippen LogP contribution in [0.1, 0.15) is 31.9 Å². The van der Waals surface area contributed by atoms with Crippen molar-refractivity contribution in [2.45, 2.75) is 40.3 Å². The molecule has 1 atom stereocenters. The Balaban J connectivity index is 2.52. The smallest absolute Gasteiger partial charge is 0.237 e. The molecule has 1 rings (SSSR count). The van der Waals surface area contributed by atoms with Gasteiger partial charge in [-0.25, -0.2) is 0 Å². The summed E-state index contributed by atoms with van der Waals surface area (Å²) < 4.78 is 0. The Morgan fingerprint density at radius 3 is 2.35 bits per heavy atom. The van der Waals surface area contributed by atoms with Crippen LogP contribution in [0.3, 0.4) is 0 Å². The fourth-order valence-electron chi connectivity index (χ4n) is 2.37. The second-order valence-electron chi connectivity index (χ2n) is 5.80. The van der Waals surface area contributed by atoms with E-state index in [0.717, 1.165) is 11.1 Å². The number of amides is 2. The lowest BCUT2D eigenvalue weighted by atomic mass is 10.1. The van der Waals surface area contributed by atoms with Crippen molar-refractivity contribution in [2.24, 2.45) is 0 Å². The molecule has 0 aliphatic heterocycles. The summed E-state index contributed by atoms with van der Waals surface area (Å²) in [6, 6.07) is 7.63. The molecule has 0 aliphatic rings. The van der Waals surface area contributed by atoms with Crippen molar-refractivity contribution < 1.29 is 9.59 Å². The van der Waals surface area contributed by atoms with Gasteiger partial charge in [-0.15, -0.1) is 0 Å². The van der Waals surface area contributed by atoms with Crippen molar-refractivity contribution in [1.82, 2.24) is 15.1 Å². The minimum absolute atomic E-state index is 0.0519. The lowest BCUT2D eigenvalue weighted by Gasteiger charge is -2.26. The largest absolute Gasteiger partial charge is 0.351 e. The Kier molecular flexibility index (Phi) is 7.75. The number of hydrogen-bond donors (Lipinski definition) is 1. The molecule has 5 nitrogen and oxygen atoms in total. The first-order valence-electron chi connectivity index (χ1n) is 8.20. The van der Waals surface area contributed by atoms with E-state index in [0.29, 0.717) is 19.6 Å². The topological polar surface area (TPSA) is 52.7 Å². The third kappa shape index (κ3) is 5.67. The van der Waals surface area contributed by atoms with Crippen LogP contribution in [0.15, 0.2) is 24.3 Å². The summed E-state index contributed by atoms with van der Waals surface area (Å²) in [7, 11) is 1.80. The Labute approximate surface area is 139 Å². The first kappa shape index (κ1) is 19.2. The van der Waals surface area contributed by atoms with Crippen molar-refractivity contribution in [3.63, 3.8) is 0 Å². The average molecular weight is 319 g/mol. The van der Waals surface area contributed by atoms with E-state index in [4.69, 9.17) is 0 Å². The molecular formula is C18H29N3O2. The molecule has 2 amide bonds. The van der Waals surface area contributed by atoms with Gasteiger partial charge < -0.3 is 10.2 Å². The van der Waals surface area contributed by atoms with E-state index in [1.807, 2.05) is 52.0 Å². The molecule has 1 aromatic carbocycles. The van der Waals surface area contributed by atoms with E-state index in [1.54, 1.807) is 16.8 Å². The van der Waals surface area contributed by atoms with E-state index in [2.05, 4.69) is 5.32 Å². The van der Waals surface area contributed by atoms with Gasteiger partial charge in [0.25, 0.3) is 0 Å². The third-order valence-electron chi connectivity index (χ3n) is 4.26. The first-order valence-corrected chi connectivity index (χ1v) is 8.20. The van der Waals surface area contributed by atoms with Gasteiger partial charge in [0.15, 0.2) is 0 Å². The quantitative estimate of drug-likeness (QED) is 0.795.